The van der Waals surface area contributed by atoms with E-state index >= 15 is 0 Å². The van der Waals surface area contributed by atoms with Crippen molar-refractivity contribution in [1.29, 1.82) is 0 Å². The molecule has 180 valence electrons. The molecule has 3 aromatic rings. The lowest BCUT2D eigenvalue weighted by Gasteiger charge is -2.36. The Kier molecular flexibility index (Phi) is 6.68. The first-order valence-electron chi connectivity index (χ1n) is 12.2. The molecule has 1 fully saturated rings. The lowest BCUT2D eigenvalue weighted by molar-refractivity contribution is -0.136. The molecule has 0 spiro atoms. The Morgan fingerprint density at radius 1 is 1.03 bits per heavy atom. The summed E-state index contributed by atoms with van der Waals surface area (Å²) in [6.07, 6.45) is 1.69. The van der Waals surface area contributed by atoms with Crippen LogP contribution >= 0.6 is 11.3 Å². The second-order valence-corrected chi connectivity index (χ2v) is 10.1. The van der Waals surface area contributed by atoms with E-state index in [9.17, 15) is 14.4 Å². The third-order valence-electron chi connectivity index (χ3n) is 6.89. The molecule has 0 unspecified atom stereocenters. The van der Waals surface area contributed by atoms with E-state index in [2.05, 4.69) is 4.90 Å². The minimum absolute atomic E-state index is 0.141. The molecule has 0 aliphatic carbocycles. The number of anilines is 1. The molecular formula is C28H29N3O3S. The number of benzene rings is 2. The molecule has 2 aliphatic rings. The molecule has 3 heterocycles. The van der Waals surface area contributed by atoms with E-state index in [1.54, 1.807) is 6.07 Å². The zero-order chi connectivity index (χ0) is 24.4. The summed E-state index contributed by atoms with van der Waals surface area (Å²) in [6, 6.07) is 19.4. The van der Waals surface area contributed by atoms with Gasteiger partial charge in [-0.25, -0.2) is 0 Å². The first-order chi connectivity index (χ1) is 17.1. The molecule has 0 bridgehead atoms. The van der Waals surface area contributed by atoms with Crippen LogP contribution in [0.2, 0.25) is 0 Å². The summed E-state index contributed by atoms with van der Waals surface area (Å²) in [5.74, 6) is -0.486. The van der Waals surface area contributed by atoms with E-state index in [4.69, 9.17) is 0 Å². The summed E-state index contributed by atoms with van der Waals surface area (Å²) in [5.41, 5.74) is 2.81. The van der Waals surface area contributed by atoms with Crippen molar-refractivity contribution in [2.75, 3.05) is 24.5 Å². The molecule has 0 N–H and O–H groups in total. The topological polar surface area (TPSA) is 60.9 Å². The van der Waals surface area contributed by atoms with Crippen LogP contribution in [0.4, 0.5) is 5.69 Å². The SMILES string of the molecule is CCN(Cc1ccccc1)C(=O)[C@H]1CCCN(c2cccc3c2C(=O)N(Cc2cccs2)C3=O)C1. The maximum absolute atomic E-state index is 13.5. The van der Waals surface area contributed by atoms with Crippen LogP contribution in [0.15, 0.2) is 66.0 Å². The summed E-state index contributed by atoms with van der Waals surface area (Å²) < 4.78 is 0. The molecule has 2 aromatic carbocycles. The number of hydrogen-bond donors (Lipinski definition) is 0. The highest BCUT2D eigenvalue weighted by atomic mass is 32.1. The lowest BCUT2D eigenvalue weighted by atomic mass is 9.94. The molecule has 0 saturated carbocycles. The highest BCUT2D eigenvalue weighted by molar-refractivity contribution is 7.09. The number of nitrogens with zero attached hydrogens (tertiary/aromatic N) is 3. The molecule has 35 heavy (non-hydrogen) atoms. The van der Waals surface area contributed by atoms with Crippen molar-refractivity contribution in [1.82, 2.24) is 9.80 Å². The Morgan fingerprint density at radius 3 is 2.60 bits per heavy atom. The second-order valence-electron chi connectivity index (χ2n) is 9.10. The number of thiophene rings is 1. The van der Waals surface area contributed by atoms with Gasteiger partial charge in [-0.05, 0) is 48.9 Å². The molecule has 0 radical (unpaired) electrons. The highest BCUT2D eigenvalue weighted by Crippen LogP contribution is 2.35. The average molecular weight is 488 g/mol. The van der Waals surface area contributed by atoms with E-state index < -0.39 is 0 Å². The van der Waals surface area contributed by atoms with Crippen LogP contribution in [0, 0.1) is 5.92 Å². The van der Waals surface area contributed by atoms with Crippen molar-refractivity contribution in [3.8, 4) is 0 Å². The van der Waals surface area contributed by atoms with Crippen molar-refractivity contribution in [3.63, 3.8) is 0 Å². The zero-order valence-corrected chi connectivity index (χ0v) is 20.7. The van der Waals surface area contributed by atoms with E-state index in [1.165, 1.54) is 16.2 Å². The Labute approximate surface area is 209 Å². The number of carbonyl (C=O) groups excluding carboxylic acids is 3. The summed E-state index contributed by atoms with van der Waals surface area (Å²) in [4.78, 5) is 46.3. The third-order valence-corrected chi connectivity index (χ3v) is 7.75. The van der Waals surface area contributed by atoms with Gasteiger partial charge in [0.25, 0.3) is 11.8 Å². The number of imide groups is 1. The van der Waals surface area contributed by atoms with Crippen LogP contribution in [0.5, 0.6) is 0 Å². The number of rotatable bonds is 7. The molecule has 1 saturated heterocycles. The van der Waals surface area contributed by atoms with Crippen molar-refractivity contribution in [2.45, 2.75) is 32.9 Å². The molecule has 3 amide bonds. The lowest BCUT2D eigenvalue weighted by Crippen LogP contribution is -2.45. The third kappa shape index (κ3) is 4.60. The predicted molar refractivity (Wildman–Crippen MR) is 137 cm³/mol. The number of piperidine rings is 1. The van der Waals surface area contributed by atoms with E-state index in [-0.39, 0.29) is 30.2 Å². The van der Waals surface area contributed by atoms with Crippen LogP contribution < -0.4 is 4.90 Å². The van der Waals surface area contributed by atoms with Crippen molar-refractivity contribution in [3.05, 3.63) is 87.6 Å². The number of carbonyl (C=O) groups is 3. The standard InChI is InChI=1S/C28H29N3O3S/c1-2-29(17-20-9-4-3-5-10-20)26(32)21-11-7-15-30(18-21)24-14-6-13-23-25(24)28(34)31(27(23)33)19-22-12-8-16-35-22/h3-6,8-10,12-14,16,21H,2,7,11,15,17-19H2,1H3/t21-/m0/s1. The van der Waals surface area contributed by atoms with Gasteiger partial charge in [0.2, 0.25) is 5.91 Å². The summed E-state index contributed by atoms with van der Waals surface area (Å²) in [6.45, 7) is 4.85. The zero-order valence-electron chi connectivity index (χ0n) is 19.9. The fourth-order valence-corrected chi connectivity index (χ4v) is 5.78. The van der Waals surface area contributed by atoms with E-state index in [0.29, 0.717) is 30.8 Å². The smallest absolute Gasteiger partial charge is 0.264 e. The molecular weight excluding hydrogens is 458 g/mol. The number of fused-ring (bicyclic) bond motifs is 1. The van der Waals surface area contributed by atoms with Gasteiger partial charge in [-0.15, -0.1) is 11.3 Å². The molecule has 6 nitrogen and oxygen atoms in total. The first kappa shape index (κ1) is 23.3. The molecule has 1 aromatic heterocycles. The van der Waals surface area contributed by atoms with Crippen LogP contribution in [0.25, 0.3) is 0 Å². The summed E-state index contributed by atoms with van der Waals surface area (Å²) in [5, 5.41) is 1.95. The molecule has 5 rings (SSSR count). The molecule has 2 aliphatic heterocycles. The van der Waals surface area contributed by atoms with Gasteiger partial charge in [0.15, 0.2) is 0 Å². The predicted octanol–water partition coefficient (Wildman–Crippen LogP) is 4.81. The van der Waals surface area contributed by atoms with Crippen molar-refractivity contribution < 1.29 is 14.4 Å². The maximum atomic E-state index is 13.5. The van der Waals surface area contributed by atoms with Gasteiger partial charge in [-0.2, -0.15) is 0 Å². The van der Waals surface area contributed by atoms with Gasteiger partial charge in [0.05, 0.1) is 29.3 Å². The van der Waals surface area contributed by atoms with Gasteiger partial charge in [0, 0.05) is 31.1 Å². The Morgan fingerprint density at radius 2 is 1.86 bits per heavy atom. The minimum atomic E-state index is -0.248. The minimum Gasteiger partial charge on any atom is -0.370 e. The van der Waals surface area contributed by atoms with Gasteiger partial charge in [-0.3, -0.25) is 19.3 Å². The van der Waals surface area contributed by atoms with Crippen LogP contribution in [0.3, 0.4) is 0 Å². The van der Waals surface area contributed by atoms with Gasteiger partial charge in [-0.1, -0.05) is 42.5 Å². The number of hydrogen-bond acceptors (Lipinski definition) is 5. The Hall–Kier alpha value is -3.45. The summed E-state index contributed by atoms with van der Waals surface area (Å²) >= 11 is 1.53. The monoisotopic (exact) mass is 487 g/mol. The summed E-state index contributed by atoms with van der Waals surface area (Å²) in [7, 11) is 0. The Bertz CT molecular complexity index is 1230. The number of amides is 3. The maximum Gasteiger partial charge on any atom is 0.264 e. The van der Waals surface area contributed by atoms with Crippen LogP contribution in [-0.2, 0) is 17.9 Å². The van der Waals surface area contributed by atoms with Gasteiger partial charge in [0.1, 0.15) is 0 Å². The van der Waals surface area contributed by atoms with E-state index in [0.717, 1.165) is 35.5 Å². The second kappa shape index (κ2) is 10.0. The molecule has 1 atom stereocenters. The quantitative estimate of drug-likeness (QED) is 0.449. The average Bonchev–Trinajstić information content (AvgIpc) is 3.50. The van der Waals surface area contributed by atoms with Gasteiger partial charge < -0.3 is 9.80 Å². The Balaban J connectivity index is 1.35. The van der Waals surface area contributed by atoms with Crippen LogP contribution in [0.1, 0.15) is 50.9 Å². The fourth-order valence-electron chi connectivity index (χ4n) is 5.09. The first-order valence-corrected chi connectivity index (χ1v) is 13.0. The van der Waals surface area contributed by atoms with Crippen molar-refractivity contribution in [2.24, 2.45) is 5.92 Å². The van der Waals surface area contributed by atoms with Gasteiger partial charge >= 0.3 is 0 Å². The van der Waals surface area contributed by atoms with E-state index in [1.807, 2.05) is 71.8 Å². The normalized spacial score (nSPS) is 17.6. The van der Waals surface area contributed by atoms with Crippen molar-refractivity contribution >= 4 is 34.7 Å². The largest absolute Gasteiger partial charge is 0.370 e. The highest BCUT2D eigenvalue weighted by Gasteiger charge is 2.39. The molecule has 7 heteroatoms. The van der Waals surface area contributed by atoms with Crippen LogP contribution in [-0.4, -0.2) is 47.2 Å². The fraction of sp³-hybridized carbons (Fsp3) is 0.321.